The van der Waals surface area contributed by atoms with E-state index in [1.165, 1.54) is 57.2 Å². The van der Waals surface area contributed by atoms with E-state index in [-0.39, 0.29) is 0 Å². The highest BCUT2D eigenvalue weighted by Crippen LogP contribution is 2.34. The van der Waals surface area contributed by atoms with E-state index >= 15 is 0 Å². The van der Waals surface area contributed by atoms with Crippen molar-refractivity contribution in [1.29, 1.82) is 0 Å². The summed E-state index contributed by atoms with van der Waals surface area (Å²) in [7, 11) is 0. The van der Waals surface area contributed by atoms with E-state index in [1.54, 1.807) is 0 Å². The largest absolute Gasteiger partial charge is 0.309 e. The Bertz CT molecular complexity index is 454. The summed E-state index contributed by atoms with van der Waals surface area (Å²) in [6, 6.07) is 12.3. The Hall–Kier alpha value is -0.860. The lowest BCUT2D eigenvalue weighted by molar-refractivity contribution is 0.0490. The van der Waals surface area contributed by atoms with Crippen LogP contribution in [-0.4, -0.2) is 30.1 Å². The minimum atomic E-state index is 0.656. The average molecular weight is 315 g/mol. The lowest BCUT2D eigenvalue weighted by Crippen LogP contribution is -2.54. The van der Waals surface area contributed by atoms with E-state index in [1.807, 2.05) is 0 Å². The van der Waals surface area contributed by atoms with Crippen molar-refractivity contribution in [3.8, 4) is 0 Å². The van der Waals surface area contributed by atoms with Crippen LogP contribution in [0.2, 0.25) is 0 Å². The topological polar surface area (TPSA) is 15.3 Å². The van der Waals surface area contributed by atoms with Crippen LogP contribution in [0.3, 0.4) is 0 Å². The summed E-state index contributed by atoms with van der Waals surface area (Å²) in [5.74, 6) is 1.84. The SMILES string of the molecule is CCCC1CC(NCc2ccccc2)CN(C(C)C2CCC2)C1. The second kappa shape index (κ2) is 8.30. The second-order valence-corrected chi connectivity index (χ2v) is 7.84. The number of hydrogen-bond donors (Lipinski definition) is 1. The Morgan fingerprint density at radius 2 is 1.96 bits per heavy atom. The predicted octanol–water partition coefficient (Wildman–Crippen LogP) is 4.46. The molecule has 1 aromatic rings. The maximum Gasteiger partial charge on any atom is 0.0208 e. The third kappa shape index (κ3) is 4.58. The molecule has 2 heteroatoms. The quantitative estimate of drug-likeness (QED) is 0.799. The zero-order valence-corrected chi connectivity index (χ0v) is 15.0. The zero-order chi connectivity index (χ0) is 16.1. The van der Waals surface area contributed by atoms with Gasteiger partial charge in [0.15, 0.2) is 0 Å². The Morgan fingerprint density at radius 3 is 2.61 bits per heavy atom. The van der Waals surface area contributed by atoms with Gasteiger partial charge in [0, 0.05) is 31.7 Å². The number of nitrogens with one attached hydrogen (secondary N) is 1. The molecule has 3 rings (SSSR count). The van der Waals surface area contributed by atoms with E-state index in [2.05, 4.69) is 54.4 Å². The summed E-state index contributed by atoms with van der Waals surface area (Å²) in [5, 5.41) is 3.84. The summed E-state index contributed by atoms with van der Waals surface area (Å²) in [4.78, 5) is 2.80. The molecule has 1 aromatic carbocycles. The molecule has 0 bridgehead atoms. The van der Waals surface area contributed by atoms with Gasteiger partial charge in [-0.05, 0) is 50.0 Å². The van der Waals surface area contributed by atoms with Gasteiger partial charge in [-0.25, -0.2) is 0 Å². The molecule has 0 amide bonds. The van der Waals surface area contributed by atoms with Crippen LogP contribution >= 0.6 is 0 Å². The highest BCUT2D eigenvalue weighted by molar-refractivity contribution is 5.14. The van der Waals surface area contributed by atoms with Gasteiger partial charge in [-0.1, -0.05) is 50.1 Å². The molecule has 1 aliphatic carbocycles. The molecule has 0 radical (unpaired) electrons. The van der Waals surface area contributed by atoms with E-state index in [0.717, 1.165) is 24.4 Å². The van der Waals surface area contributed by atoms with Gasteiger partial charge in [-0.3, -0.25) is 4.90 Å². The summed E-state index contributed by atoms with van der Waals surface area (Å²) < 4.78 is 0. The van der Waals surface area contributed by atoms with Crippen molar-refractivity contribution < 1.29 is 0 Å². The molecule has 0 aromatic heterocycles. The van der Waals surface area contributed by atoms with Crippen molar-refractivity contribution in [2.45, 2.75) is 71.0 Å². The van der Waals surface area contributed by atoms with Gasteiger partial charge in [0.05, 0.1) is 0 Å². The predicted molar refractivity (Wildman–Crippen MR) is 98.5 cm³/mol. The fourth-order valence-corrected chi connectivity index (χ4v) is 4.42. The molecule has 23 heavy (non-hydrogen) atoms. The van der Waals surface area contributed by atoms with Gasteiger partial charge in [-0.15, -0.1) is 0 Å². The Balaban J connectivity index is 1.57. The summed E-state index contributed by atoms with van der Waals surface area (Å²) in [6.07, 6.45) is 8.43. The molecule has 3 atom stereocenters. The summed E-state index contributed by atoms with van der Waals surface area (Å²) >= 11 is 0. The minimum Gasteiger partial charge on any atom is -0.309 e. The third-order valence-electron chi connectivity index (χ3n) is 6.11. The van der Waals surface area contributed by atoms with Crippen molar-refractivity contribution in [3.63, 3.8) is 0 Å². The van der Waals surface area contributed by atoms with E-state index in [4.69, 9.17) is 0 Å². The van der Waals surface area contributed by atoms with E-state index in [9.17, 15) is 0 Å². The van der Waals surface area contributed by atoms with Gasteiger partial charge < -0.3 is 5.32 Å². The Labute approximate surface area is 142 Å². The first-order valence-corrected chi connectivity index (χ1v) is 9.77. The van der Waals surface area contributed by atoms with Crippen LogP contribution in [0, 0.1) is 11.8 Å². The van der Waals surface area contributed by atoms with Gasteiger partial charge in [0.25, 0.3) is 0 Å². The van der Waals surface area contributed by atoms with Crippen molar-refractivity contribution in [1.82, 2.24) is 10.2 Å². The highest BCUT2D eigenvalue weighted by atomic mass is 15.2. The molecule has 1 saturated carbocycles. The first kappa shape index (κ1) is 17.0. The van der Waals surface area contributed by atoms with Crippen LogP contribution in [0.1, 0.15) is 57.9 Å². The number of hydrogen-bond acceptors (Lipinski definition) is 2. The molecule has 1 heterocycles. The number of likely N-dealkylation sites (tertiary alicyclic amines) is 1. The molecule has 1 N–H and O–H groups in total. The van der Waals surface area contributed by atoms with Crippen molar-refractivity contribution in [3.05, 3.63) is 35.9 Å². The first-order valence-electron chi connectivity index (χ1n) is 9.77. The van der Waals surface area contributed by atoms with Crippen LogP contribution < -0.4 is 5.32 Å². The van der Waals surface area contributed by atoms with Crippen LogP contribution in [0.4, 0.5) is 0 Å². The second-order valence-electron chi connectivity index (χ2n) is 7.84. The number of rotatable bonds is 7. The van der Waals surface area contributed by atoms with Crippen LogP contribution in [0.15, 0.2) is 30.3 Å². The molecule has 2 fully saturated rings. The fourth-order valence-electron chi connectivity index (χ4n) is 4.42. The average Bonchev–Trinajstić information content (AvgIpc) is 2.52. The molecule has 3 unspecified atom stereocenters. The van der Waals surface area contributed by atoms with E-state index in [0.29, 0.717) is 6.04 Å². The number of benzene rings is 1. The lowest BCUT2D eigenvalue weighted by atomic mass is 9.78. The Morgan fingerprint density at radius 1 is 1.17 bits per heavy atom. The molecule has 0 spiro atoms. The molecular formula is C21H34N2. The van der Waals surface area contributed by atoms with Crippen molar-refractivity contribution in [2.24, 2.45) is 11.8 Å². The molecule has 128 valence electrons. The van der Waals surface area contributed by atoms with Gasteiger partial charge in [0.2, 0.25) is 0 Å². The lowest BCUT2D eigenvalue weighted by Gasteiger charge is -2.46. The maximum atomic E-state index is 3.84. The number of nitrogens with zero attached hydrogens (tertiary/aromatic N) is 1. The molecule has 2 aliphatic rings. The molecule has 1 saturated heterocycles. The minimum absolute atomic E-state index is 0.656. The smallest absolute Gasteiger partial charge is 0.0208 e. The molecular weight excluding hydrogens is 280 g/mol. The highest BCUT2D eigenvalue weighted by Gasteiger charge is 2.34. The van der Waals surface area contributed by atoms with Gasteiger partial charge in [-0.2, -0.15) is 0 Å². The zero-order valence-electron chi connectivity index (χ0n) is 15.0. The van der Waals surface area contributed by atoms with E-state index < -0.39 is 0 Å². The molecule has 2 nitrogen and oxygen atoms in total. The van der Waals surface area contributed by atoms with Gasteiger partial charge >= 0.3 is 0 Å². The van der Waals surface area contributed by atoms with Crippen molar-refractivity contribution in [2.75, 3.05) is 13.1 Å². The van der Waals surface area contributed by atoms with Crippen LogP contribution in [0.25, 0.3) is 0 Å². The first-order chi connectivity index (χ1) is 11.3. The molecule has 1 aliphatic heterocycles. The monoisotopic (exact) mass is 314 g/mol. The fraction of sp³-hybridized carbons (Fsp3) is 0.714. The standard InChI is InChI=1S/C21H34N2/c1-3-8-19-13-21(22-14-18-9-5-4-6-10-18)16-23(15-19)17(2)20-11-7-12-20/h4-6,9-10,17,19-22H,3,7-8,11-16H2,1-2H3. The number of piperidine rings is 1. The maximum absolute atomic E-state index is 3.84. The van der Waals surface area contributed by atoms with Crippen LogP contribution in [0.5, 0.6) is 0 Å². The van der Waals surface area contributed by atoms with Crippen molar-refractivity contribution >= 4 is 0 Å². The normalized spacial score (nSPS) is 27.6. The van der Waals surface area contributed by atoms with Gasteiger partial charge in [0.1, 0.15) is 0 Å². The summed E-state index contributed by atoms with van der Waals surface area (Å²) in [5.41, 5.74) is 1.41. The van der Waals surface area contributed by atoms with Crippen LogP contribution in [-0.2, 0) is 6.54 Å². The Kier molecular flexibility index (Phi) is 6.13. The third-order valence-corrected chi connectivity index (χ3v) is 6.11. The summed E-state index contributed by atoms with van der Waals surface area (Å²) in [6.45, 7) is 8.39.